The van der Waals surface area contributed by atoms with E-state index in [1.807, 2.05) is 0 Å². The van der Waals surface area contributed by atoms with Gasteiger partial charge >= 0.3 is 5.97 Å². The van der Waals surface area contributed by atoms with Crippen molar-refractivity contribution in [3.8, 4) is 0 Å². The van der Waals surface area contributed by atoms with E-state index in [4.69, 9.17) is 5.11 Å². The normalized spacial score (nSPS) is 17.6. The lowest BCUT2D eigenvalue weighted by Gasteiger charge is -2.31. The Bertz CT molecular complexity index is 439. The van der Waals surface area contributed by atoms with E-state index < -0.39 is 5.97 Å². The van der Waals surface area contributed by atoms with Crippen LogP contribution in [0.15, 0.2) is 18.3 Å². The smallest absolute Gasteiger partial charge is 0.337 e. The van der Waals surface area contributed by atoms with E-state index >= 15 is 0 Å². The van der Waals surface area contributed by atoms with Crippen molar-refractivity contribution in [3.63, 3.8) is 0 Å². The van der Waals surface area contributed by atoms with Gasteiger partial charge in [-0.25, -0.2) is 4.79 Å². The Kier molecular flexibility index (Phi) is 5.09. The molecule has 1 fully saturated rings. The molecular formula is C15H23N3O2. The molecule has 5 heteroatoms. The van der Waals surface area contributed by atoms with Crippen LogP contribution in [0.4, 0.5) is 0 Å². The van der Waals surface area contributed by atoms with E-state index in [0.29, 0.717) is 0 Å². The highest BCUT2D eigenvalue weighted by Gasteiger charge is 2.18. The second-order valence-corrected chi connectivity index (χ2v) is 5.79. The van der Waals surface area contributed by atoms with Crippen molar-refractivity contribution in [2.24, 2.45) is 5.92 Å². The molecule has 1 aromatic heterocycles. The number of carbonyl (C=O) groups is 1. The zero-order chi connectivity index (χ0) is 14.5. The fourth-order valence-corrected chi connectivity index (χ4v) is 2.67. The van der Waals surface area contributed by atoms with Gasteiger partial charge in [-0.05, 0) is 58.1 Å². The standard InChI is InChI=1S/C15H23N3O2/c1-17-7-5-12(6-8-17)10-18(2)11-14-4-3-13(9-16-14)15(19)20/h3-4,9,12H,5-8,10-11H2,1-2H3,(H,19,20). The highest BCUT2D eigenvalue weighted by molar-refractivity contribution is 5.87. The topological polar surface area (TPSA) is 56.7 Å². The number of hydrogen-bond acceptors (Lipinski definition) is 4. The maximum atomic E-state index is 10.8. The maximum Gasteiger partial charge on any atom is 0.337 e. The highest BCUT2D eigenvalue weighted by Crippen LogP contribution is 2.17. The Labute approximate surface area is 120 Å². The molecule has 0 radical (unpaired) electrons. The van der Waals surface area contributed by atoms with Gasteiger partial charge in [-0.2, -0.15) is 0 Å². The number of likely N-dealkylation sites (tertiary alicyclic amines) is 1. The summed E-state index contributed by atoms with van der Waals surface area (Å²) in [5.74, 6) is -0.168. The van der Waals surface area contributed by atoms with Crippen LogP contribution >= 0.6 is 0 Å². The minimum Gasteiger partial charge on any atom is -0.478 e. The van der Waals surface area contributed by atoms with Gasteiger partial charge in [-0.3, -0.25) is 4.98 Å². The van der Waals surface area contributed by atoms with E-state index in [-0.39, 0.29) is 5.56 Å². The molecule has 5 nitrogen and oxygen atoms in total. The number of aromatic carboxylic acids is 1. The Hall–Kier alpha value is -1.46. The first-order valence-corrected chi connectivity index (χ1v) is 7.10. The second kappa shape index (κ2) is 6.81. The van der Waals surface area contributed by atoms with Crippen LogP contribution < -0.4 is 0 Å². The van der Waals surface area contributed by atoms with Crippen molar-refractivity contribution in [1.82, 2.24) is 14.8 Å². The maximum absolute atomic E-state index is 10.8. The second-order valence-electron chi connectivity index (χ2n) is 5.79. The largest absolute Gasteiger partial charge is 0.478 e. The van der Waals surface area contributed by atoms with Crippen molar-refractivity contribution in [2.75, 3.05) is 33.7 Å². The monoisotopic (exact) mass is 277 g/mol. The summed E-state index contributed by atoms with van der Waals surface area (Å²) < 4.78 is 0. The number of carboxylic acid groups (broad SMARTS) is 1. The SMILES string of the molecule is CN1CCC(CN(C)Cc2ccc(C(=O)O)cn2)CC1. The first-order chi connectivity index (χ1) is 9.54. The predicted octanol–water partition coefficient (Wildman–Crippen LogP) is 1.55. The number of carboxylic acids is 1. The molecule has 0 amide bonds. The van der Waals surface area contributed by atoms with E-state index in [1.54, 1.807) is 12.1 Å². The molecule has 1 aromatic rings. The molecule has 2 heterocycles. The molecule has 0 saturated carbocycles. The van der Waals surface area contributed by atoms with Crippen molar-refractivity contribution in [2.45, 2.75) is 19.4 Å². The van der Waals surface area contributed by atoms with Gasteiger partial charge in [-0.15, -0.1) is 0 Å². The van der Waals surface area contributed by atoms with Gasteiger partial charge in [0.2, 0.25) is 0 Å². The predicted molar refractivity (Wildman–Crippen MR) is 77.8 cm³/mol. The van der Waals surface area contributed by atoms with Crippen LogP contribution in [-0.4, -0.2) is 59.6 Å². The molecule has 0 aromatic carbocycles. The fourth-order valence-electron chi connectivity index (χ4n) is 2.67. The number of pyridine rings is 1. The van der Waals surface area contributed by atoms with E-state index in [2.05, 4.69) is 28.9 Å². The summed E-state index contributed by atoms with van der Waals surface area (Å²) in [4.78, 5) is 19.6. The van der Waals surface area contributed by atoms with Gasteiger partial charge in [0.15, 0.2) is 0 Å². The third kappa shape index (κ3) is 4.28. The molecule has 2 rings (SSSR count). The van der Waals surface area contributed by atoms with Crippen molar-refractivity contribution in [3.05, 3.63) is 29.6 Å². The summed E-state index contributed by atoms with van der Waals surface area (Å²) in [7, 11) is 4.28. The van der Waals surface area contributed by atoms with Crippen LogP contribution in [0.2, 0.25) is 0 Å². The average molecular weight is 277 g/mol. The summed E-state index contributed by atoms with van der Waals surface area (Å²) in [6, 6.07) is 3.42. The Morgan fingerprint density at radius 1 is 1.45 bits per heavy atom. The fraction of sp³-hybridized carbons (Fsp3) is 0.600. The van der Waals surface area contributed by atoms with Crippen molar-refractivity contribution >= 4 is 5.97 Å². The Morgan fingerprint density at radius 3 is 2.70 bits per heavy atom. The number of aromatic nitrogens is 1. The number of hydrogen-bond donors (Lipinski definition) is 1. The molecule has 0 bridgehead atoms. The van der Waals surface area contributed by atoms with Crippen molar-refractivity contribution in [1.29, 1.82) is 0 Å². The molecule has 20 heavy (non-hydrogen) atoms. The summed E-state index contributed by atoms with van der Waals surface area (Å²) in [6.07, 6.45) is 3.94. The molecule has 0 spiro atoms. The minimum absolute atomic E-state index is 0.242. The lowest BCUT2D eigenvalue weighted by atomic mass is 9.96. The van der Waals surface area contributed by atoms with Gasteiger partial charge in [0.05, 0.1) is 11.3 Å². The van der Waals surface area contributed by atoms with E-state index in [0.717, 1.165) is 24.7 Å². The zero-order valence-electron chi connectivity index (χ0n) is 12.2. The number of rotatable bonds is 5. The lowest BCUT2D eigenvalue weighted by Crippen LogP contribution is -2.35. The van der Waals surface area contributed by atoms with Crippen LogP contribution in [0.25, 0.3) is 0 Å². The molecule has 1 saturated heterocycles. The van der Waals surface area contributed by atoms with Crippen LogP contribution in [0.1, 0.15) is 28.9 Å². The van der Waals surface area contributed by atoms with Crippen LogP contribution in [-0.2, 0) is 6.54 Å². The molecule has 1 aliphatic rings. The average Bonchev–Trinajstić information content (AvgIpc) is 2.42. The molecule has 1 N–H and O–H groups in total. The third-order valence-electron chi connectivity index (χ3n) is 3.91. The van der Waals surface area contributed by atoms with Gasteiger partial charge < -0.3 is 14.9 Å². The summed E-state index contributed by atoms with van der Waals surface area (Å²) in [6.45, 7) is 4.22. The van der Waals surface area contributed by atoms with Gasteiger partial charge in [0, 0.05) is 19.3 Å². The summed E-state index contributed by atoms with van der Waals surface area (Å²) in [5, 5.41) is 8.84. The van der Waals surface area contributed by atoms with Crippen LogP contribution in [0, 0.1) is 5.92 Å². The lowest BCUT2D eigenvalue weighted by molar-refractivity contribution is 0.0696. The molecular weight excluding hydrogens is 254 g/mol. The van der Waals surface area contributed by atoms with Crippen LogP contribution in [0.3, 0.4) is 0 Å². The molecule has 0 atom stereocenters. The quantitative estimate of drug-likeness (QED) is 0.885. The molecule has 0 aliphatic carbocycles. The van der Waals surface area contributed by atoms with Crippen LogP contribution in [0.5, 0.6) is 0 Å². The molecule has 110 valence electrons. The van der Waals surface area contributed by atoms with E-state index in [9.17, 15) is 4.79 Å². The highest BCUT2D eigenvalue weighted by atomic mass is 16.4. The summed E-state index contributed by atoms with van der Waals surface area (Å²) >= 11 is 0. The van der Waals surface area contributed by atoms with Gasteiger partial charge in [0.25, 0.3) is 0 Å². The van der Waals surface area contributed by atoms with Gasteiger partial charge in [0.1, 0.15) is 0 Å². The molecule has 0 unspecified atom stereocenters. The summed E-state index contributed by atoms with van der Waals surface area (Å²) in [5.41, 5.74) is 1.16. The van der Waals surface area contributed by atoms with E-state index in [1.165, 1.54) is 32.1 Å². The van der Waals surface area contributed by atoms with Gasteiger partial charge in [-0.1, -0.05) is 0 Å². The third-order valence-corrected chi connectivity index (χ3v) is 3.91. The first kappa shape index (κ1) is 14.9. The number of piperidine rings is 1. The molecule has 1 aliphatic heterocycles. The Morgan fingerprint density at radius 2 is 2.15 bits per heavy atom. The minimum atomic E-state index is -0.927. The Balaban J connectivity index is 1.81. The van der Waals surface area contributed by atoms with Crippen molar-refractivity contribution < 1.29 is 9.90 Å². The number of nitrogens with zero attached hydrogens (tertiary/aromatic N) is 3. The zero-order valence-corrected chi connectivity index (χ0v) is 12.2. The first-order valence-electron chi connectivity index (χ1n) is 7.10.